The first-order valence-corrected chi connectivity index (χ1v) is 8.74. The average Bonchev–Trinajstić information content (AvgIpc) is 3.01. The molecule has 6 heteroatoms. The van der Waals surface area contributed by atoms with Crippen LogP contribution in [0.2, 0.25) is 0 Å². The van der Waals surface area contributed by atoms with Gasteiger partial charge in [0, 0.05) is 34.9 Å². The van der Waals surface area contributed by atoms with Crippen molar-refractivity contribution in [3.63, 3.8) is 0 Å². The van der Waals surface area contributed by atoms with Crippen molar-refractivity contribution in [1.29, 1.82) is 0 Å². The lowest BCUT2D eigenvalue weighted by Gasteiger charge is -2.09. The maximum absolute atomic E-state index is 12.3. The summed E-state index contributed by atoms with van der Waals surface area (Å²) in [6.07, 6.45) is 3.83. The summed E-state index contributed by atoms with van der Waals surface area (Å²) in [5, 5.41) is 3.83. The minimum absolute atomic E-state index is 0.0320. The Bertz CT molecular complexity index is 862. The molecule has 1 aromatic carbocycles. The highest BCUT2D eigenvalue weighted by molar-refractivity contribution is 7.15. The third-order valence-electron chi connectivity index (χ3n) is 3.79. The van der Waals surface area contributed by atoms with Crippen LogP contribution in [0.5, 0.6) is 5.75 Å². The van der Waals surface area contributed by atoms with Crippen LogP contribution in [0.4, 0.5) is 0 Å². The number of rotatable bonds is 6. The molecular weight excluding hydrogens is 334 g/mol. The van der Waals surface area contributed by atoms with Crippen molar-refractivity contribution in [3.05, 3.63) is 64.9 Å². The van der Waals surface area contributed by atoms with Gasteiger partial charge in [-0.3, -0.25) is 9.78 Å². The van der Waals surface area contributed by atoms with E-state index in [0.29, 0.717) is 13.0 Å². The smallest absolute Gasteiger partial charge is 0.225 e. The zero-order valence-electron chi connectivity index (χ0n) is 14.2. The van der Waals surface area contributed by atoms with Crippen LogP contribution >= 0.6 is 11.3 Å². The highest BCUT2D eigenvalue weighted by Crippen LogP contribution is 2.27. The number of para-hydroxylation sites is 1. The topological polar surface area (TPSA) is 64.1 Å². The number of amides is 1. The summed E-state index contributed by atoms with van der Waals surface area (Å²) in [7, 11) is 1.63. The van der Waals surface area contributed by atoms with Crippen LogP contribution < -0.4 is 10.1 Å². The first kappa shape index (κ1) is 17.1. The van der Waals surface area contributed by atoms with Gasteiger partial charge in [-0.15, -0.1) is 11.3 Å². The van der Waals surface area contributed by atoms with Crippen molar-refractivity contribution in [1.82, 2.24) is 15.3 Å². The average molecular weight is 353 g/mol. The first-order chi connectivity index (χ1) is 12.2. The van der Waals surface area contributed by atoms with Gasteiger partial charge in [-0.05, 0) is 25.1 Å². The predicted octanol–water partition coefficient (Wildman–Crippen LogP) is 3.38. The highest BCUT2D eigenvalue weighted by Gasteiger charge is 2.13. The molecule has 0 atom stereocenters. The summed E-state index contributed by atoms with van der Waals surface area (Å²) in [5.41, 5.74) is 2.81. The number of carbonyl (C=O) groups is 1. The van der Waals surface area contributed by atoms with Gasteiger partial charge in [0.1, 0.15) is 10.8 Å². The largest absolute Gasteiger partial charge is 0.496 e. The van der Waals surface area contributed by atoms with Crippen LogP contribution in [0.3, 0.4) is 0 Å². The van der Waals surface area contributed by atoms with Gasteiger partial charge in [0.05, 0.1) is 19.2 Å². The standard InChI is InChI=1S/C19H19N3O2S/c1-13-17(25-19(22-13)15-7-5-9-20-11-15)10-18(23)21-12-14-6-3-4-8-16(14)24-2/h3-9,11H,10,12H2,1-2H3,(H,21,23). The molecule has 0 bridgehead atoms. The van der Waals surface area contributed by atoms with Crippen molar-refractivity contribution < 1.29 is 9.53 Å². The molecule has 128 valence electrons. The molecule has 5 nitrogen and oxygen atoms in total. The predicted molar refractivity (Wildman–Crippen MR) is 98.6 cm³/mol. The van der Waals surface area contributed by atoms with Crippen molar-refractivity contribution in [3.8, 4) is 16.3 Å². The van der Waals surface area contributed by atoms with E-state index in [4.69, 9.17) is 4.74 Å². The monoisotopic (exact) mass is 353 g/mol. The van der Waals surface area contributed by atoms with Crippen LogP contribution in [0.25, 0.3) is 10.6 Å². The number of thiazole rings is 1. The van der Waals surface area contributed by atoms with Crippen molar-refractivity contribution >= 4 is 17.2 Å². The summed E-state index contributed by atoms with van der Waals surface area (Å²) in [6.45, 7) is 2.37. The molecule has 2 heterocycles. The number of methoxy groups -OCH3 is 1. The Morgan fingerprint density at radius 3 is 2.84 bits per heavy atom. The summed E-state index contributed by atoms with van der Waals surface area (Å²) in [4.78, 5) is 21.9. The number of benzene rings is 1. The molecule has 0 fully saturated rings. The number of carbonyl (C=O) groups excluding carboxylic acids is 1. The van der Waals surface area contributed by atoms with Crippen LogP contribution in [-0.2, 0) is 17.8 Å². The molecule has 0 radical (unpaired) electrons. The van der Waals surface area contributed by atoms with Crippen LogP contribution in [0, 0.1) is 6.92 Å². The minimum Gasteiger partial charge on any atom is -0.496 e. The van der Waals surface area contributed by atoms with Gasteiger partial charge in [0.2, 0.25) is 5.91 Å². The van der Waals surface area contributed by atoms with Gasteiger partial charge in [-0.2, -0.15) is 0 Å². The van der Waals surface area contributed by atoms with E-state index in [0.717, 1.165) is 32.5 Å². The first-order valence-electron chi connectivity index (χ1n) is 7.92. The summed E-state index contributed by atoms with van der Waals surface area (Å²) in [5.74, 6) is 0.742. The van der Waals surface area contributed by atoms with Gasteiger partial charge >= 0.3 is 0 Å². The molecule has 1 N–H and O–H groups in total. The number of hydrogen-bond acceptors (Lipinski definition) is 5. The van der Waals surface area contributed by atoms with Crippen molar-refractivity contribution in [2.75, 3.05) is 7.11 Å². The summed E-state index contributed by atoms with van der Waals surface area (Å²) >= 11 is 1.53. The third kappa shape index (κ3) is 4.22. The zero-order valence-corrected chi connectivity index (χ0v) is 15.0. The molecule has 25 heavy (non-hydrogen) atoms. The van der Waals surface area contributed by atoms with Gasteiger partial charge in [-0.1, -0.05) is 18.2 Å². The van der Waals surface area contributed by atoms with Crippen molar-refractivity contribution in [2.45, 2.75) is 19.9 Å². The van der Waals surface area contributed by atoms with Crippen LogP contribution in [0.15, 0.2) is 48.8 Å². The highest BCUT2D eigenvalue weighted by atomic mass is 32.1. The Hall–Kier alpha value is -2.73. The molecular formula is C19H19N3O2S. The number of aryl methyl sites for hydroxylation is 1. The Morgan fingerprint density at radius 1 is 1.24 bits per heavy atom. The normalized spacial score (nSPS) is 10.5. The van der Waals surface area contributed by atoms with E-state index >= 15 is 0 Å². The van der Waals surface area contributed by atoms with E-state index in [1.807, 2.05) is 43.3 Å². The van der Waals surface area contributed by atoms with Gasteiger partial charge < -0.3 is 10.1 Å². The lowest BCUT2D eigenvalue weighted by Crippen LogP contribution is -2.24. The fourth-order valence-corrected chi connectivity index (χ4v) is 3.51. The minimum atomic E-state index is -0.0320. The van der Waals surface area contributed by atoms with E-state index in [2.05, 4.69) is 15.3 Å². The molecule has 0 saturated carbocycles. The number of nitrogens with zero attached hydrogens (tertiary/aromatic N) is 2. The zero-order chi connectivity index (χ0) is 17.6. The third-order valence-corrected chi connectivity index (χ3v) is 5.00. The molecule has 3 rings (SSSR count). The van der Waals surface area contributed by atoms with Crippen LogP contribution in [-0.4, -0.2) is 23.0 Å². The van der Waals surface area contributed by atoms with E-state index in [-0.39, 0.29) is 5.91 Å². The quantitative estimate of drug-likeness (QED) is 0.738. The van der Waals surface area contributed by atoms with E-state index in [1.165, 1.54) is 11.3 Å². The number of nitrogens with one attached hydrogen (secondary N) is 1. The van der Waals surface area contributed by atoms with Gasteiger partial charge in [0.15, 0.2) is 0 Å². The lowest BCUT2D eigenvalue weighted by molar-refractivity contribution is -0.120. The summed E-state index contributed by atoms with van der Waals surface area (Å²) in [6, 6.07) is 11.5. The maximum Gasteiger partial charge on any atom is 0.225 e. The Kier molecular flexibility index (Phi) is 5.40. The second-order valence-corrected chi connectivity index (χ2v) is 6.62. The second-order valence-electron chi connectivity index (χ2n) is 5.53. The van der Waals surface area contributed by atoms with E-state index in [1.54, 1.807) is 19.5 Å². The molecule has 3 aromatic rings. The number of pyridine rings is 1. The molecule has 0 spiro atoms. The molecule has 1 amide bonds. The molecule has 0 aliphatic heterocycles. The molecule has 0 aliphatic rings. The lowest BCUT2D eigenvalue weighted by atomic mass is 10.2. The maximum atomic E-state index is 12.3. The second kappa shape index (κ2) is 7.90. The summed E-state index contributed by atoms with van der Waals surface area (Å²) < 4.78 is 5.30. The van der Waals surface area contributed by atoms with Crippen molar-refractivity contribution in [2.24, 2.45) is 0 Å². The van der Waals surface area contributed by atoms with Crippen LogP contribution in [0.1, 0.15) is 16.1 Å². The molecule has 0 unspecified atom stereocenters. The molecule has 2 aromatic heterocycles. The molecule has 0 aliphatic carbocycles. The SMILES string of the molecule is COc1ccccc1CNC(=O)Cc1sc(-c2cccnc2)nc1C. The Labute approximate surface area is 150 Å². The number of hydrogen-bond donors (Lipinski definition) is 1. The van der Waals surface area contributed by atoms with E-state index < -0.39 is 0 Å². The fourth-order valence-electron chi connectivity index (χ4n) is 2.46. The fraction of sp³-hybridized carbons (Fsp3) is 0.211. The number of aromatic nitrogens is 2. The van der Waals surface area contributed by atoms with Gasteiger partial charge in [0.25, 0.3) is 0 Å². The Morgan fingerprint density at radius 2 is 2.08 bits per heavy atom. The number of ether oxygens (including phenoxy) is 1. The molecule has 0 saturated heterocycles. The van der Waals surface area contributed by atoms with Gasteiger partial charge in [-0.25, -0.2) is 4.98 Å². The van der Waals surface area contributed by atoms with E-state index in [9.17, 15) is 4.79 Å². The Balaban J connectivity index is 1.64.